The van der Waals surface area contributed by atoms with E-state index in [0.29, 0.717) is 23.5 Å². The lowest BCUT2D eigenvalue weighted by atomic mass is 9.95. The Kier molecular flexibility index (Phi) is 3.79. The van der Waals surface area contributed by atoms with Crippen molar-refractivity contribution in [1.29, 1.82) is 0 Å². The van der Waals surface area contributed by atoms with E-state index in [9.17, 15) is 14.9 Å². The summed E-state index contributed by atoms with van der Waals surface area (Å²) in [4.78, 5) is 22.4. The van der Waals surface area contributed by atoms with Crippen molar-refractivity contribution in [3.63, 3.8) is 0 Å². The van der Waals surface area contributed by atoms with Gasteiger partial charge in [-0.1, -0.05) is 31.6 Å². The Balaban J connectivity index is 2.45. The van der Waals surface area contributed by atoms with Gasteiger partial charge in [-0.3, -0.25) is 14.9 Å². The van der Waals surface area contributed by atoms with Gasteiger partial charge in [-0.05, 0) is 24.3 Å². The first-order valence-electron chi connectivity index (χ1n) is 6.49. The van der Waals surface area contributed by atoms with E-state index in [2.05, 4.69) is 13.8 Å². The molecule has 0 unspecified atom stereocenters. The first kappa shape index (κ1) is 13.5. The van der Waals surface area contributed by atoms with Crippen molar-refractivity contribution in [1.82, 2.24) is 0 Å². The maximum absolute atomic E-state index is 12.0. The van der Waals surface area contributed by atoms with Crippen molar-refractivity contribution in [2.75, 3.05) is 0 Å². The highest BCUT2D eigenvalue weighted by atomic mass is 16.6. The van der Waals surface area contributed by atoms with Gasteiger partial charge >= 0.3 is 0 Å². The van der Waals surface area contributed by atoms with Crippen molar-refractivity contribution >= 4 is 17.0 Å². The second-order valence-corrected chi connectivity index (χ2v) is 5.31. The minimum atomic E-state index is -0.425. The van der Waals surface area contributed by atoms with Gasteiger partial charge in [-0.25, -0.2) is 0 Å². The Morgan fingerprint density at radius 3 is 2.68 bits per heavy atom. The van der Waals surface area contributed by atoms with Crippen molar-refractivity contribution in [3.8, 4) is 0 Å². The van der Waals surface area contributed by atoms with Crippen molar-refractivity contribution in [2.45, 2.75) is 33.1 Å². The second-order valence-electron chi connectivity index (χ2n) is 5.31. The van der Waals surface area contributed by atoms with E-state index in [0.717, 1.165) is 18.4 Å². The average Bonchev–Trinajstić information content (AvgIpc) is 2.69. The number of benzene rings is 1. The molecule has 4 heteroatoms. The van der Waals surface area contributed by atoms with Gasteiger partial charge in [0.05, 0.1) is 4.92 Å². The fourth-order valence-corrected chi connectivity index (χ4v) is 2.55. The lowest BCUT2D eigenvalue weighted by Crippen LogP contribution is -1.98. The van der Waals surface area contributed by atoms with Gasteiger partial charge in [0.25, 0.3) is 5.69 Å². The summed E-state index contributed by atoms with van der Waals surface area (Å²) >= 11 is 0. The number of rotatable bonds is 4. The molecule has 0 saturated carbocycles. The van der Waals surface area contributed by atoms with Gasteiger partial charge in [0.2, 0.25) is 0 Å². The topological polar surface area (TPSA) is 60.2 Å². The lowest BCUT2D eigenvalue weighted by molar-refractivity contribution is -0.384. The summed E-state index contributed by atoms with van der Waals surface area (Å²) in [5, 5.41) is 10.8. The minimum absolute atomic E-state index is 0.0357. The van der Waals surface area contributed by atoms with Gasteiger partial charge in [0.15, 0.2) is 5.78 Å². The van der Waals surface area contributed by atoms with E-state index in [4.69, 9.17) is 0 Å². The number of hydrogen-bond donors (Lipinski definition) is 0. The van der Waals surface area contributed by atoms with Crippen LogP contribution in [0.15, 0.2) is 29.8 Å². The third-order valence-corrected chi connectivity index (χ3v) is 3.29. The molecule has 0 radical (unpaired) electrons. The number of nitro groups is 1. The zero-order chi connectivity index (χ0) is 14.0. The molecule has 0 aliphatic heterocycles. The molecule has 100 valence electrons. The maximum atomic E-state index is 12.0. The molecule has 0 atom stereocenters. The van der Waals surface area contributed by atoms with E-state index < -0.39 is 4.92 Å². The molecule has 1 aromatic rings. The predicted octanol–water partition coefficient (Wildman–Crippen LogP) is 3.76. The molecular formula is C15H17NO3. The van der Waals surface area contributed by atoms with E-state index >= 15 is 0 Å². The highest BCUT2D eigenvalue weighted by molar-refractivity contribution is 6.23. The molecule has 19 heavy (non-hydrogen) atoms. The predicted molar refractivity (Wildman–Crippen MR) is 73.7 cm³/mol. The average molecular weight is 259 g/mol. The van der Waals surface area contributed by atoms with Crippen LogP contribution >= 0.6 is 0 Å². The Hall–Kier alpha value is -1.97. The van der Waals surface area contributed by atoms with Crippen molar-refractivity contribution < 1.29 is 9.72 Å². The summed E-state index contributed by atoms with van der Waals surface area (Å²) < 4.78 is 0. The minimum Gasteiger partial charge on any atom is -0.294 e. The number of nitro benzene ring substituents is 1. The number of Topliss-reactive ketones (excluding diaryl/α,β-unsaturated/α-hetero) is 1. The molecule has 0 bridgehead atoms. The molecule has 1 aromatic carbocycles. The molecule has 1 aliphatic carbocycles. The number of carbonyl (C=O) groups is 1. The monoisotopic (exact) mass is 259 g/mol. The summed E-state index contributed by atoms with van der Waals surface area (Å²) in [7, 11) is 0. The molecule has 0 N–H and O–H groups in total. The smallest absolute Gasteiger partial charge is 0.270 e. The van der Waals surface area contributed by atoms with Gasteiger partial charge < -0.3 is 0 Å². The van der Waals surface area contributed by atoms with Gasteiger partial charge in [-0.15, -0.1) is 0 Å². The SMILES string of the molecule is CC(C)CC1=C(c2cccc([N+](=O)[O-])c2)C(=O)CC1. The summed E-state index contributed by atoms with van der Waals surface area (Å²) in [6.45, 7) is 4.22. The number of carbonyl (C=O) groups excluding carboxylic acids is 1. The molecule has 0 spiro atoms. The second kappa shape index (κ2) is 5.34. The van der Waals surface area contributed by atoms with Crippen LogP contribution in [0.4, 0.5) is 5.69 Å². The highest BCUT2D eigenvalue weighted by Crippen LogP contribution is 2.35. The molecule has 0 saturated heterocycles. The molecular weight excluding hydrogens is 242 g/mol. The van der Waals surface area contributed by atoms with E-state index in [1.54, 1.807) is 12.1 Å². The van der Waals surface area contributed by atoms with Crippen LogP contribution in [0.3, 0.4) is 0 Å². The Morgan fingerprint density at radius 1 is 1.32 bits per heavy atom. The standard InChI is InChI=1S/C15H17NO3/c1-10(2)8-12-6-7-14(17)15(12)11-4-3-5-13(9-11)16(18)19/h3-5,9-10H,6-8H2,1-2H3. The first-order chi connectivity index (χ1) is 8.99. The van der Waals surface area contributed by atoms with Crippen LogP contribution in [-0.4, -0.2) is 10.7 Å². The fraction of sp³-hybridized carbons (Fsp3) is 0.400. The van der Waals surface area contributed by atoms with Crippen LogP contribution in [0, 0.1) is 16.0 Å². The lowest BCUT2D eigenvalue weighted by Gasteiger charge is -2.09. The quantitative estimate of drug-likeness (QED) is 0.611. The summed E-state index contributed by atoms with van der Waals surface area (Å²) in [6.07, 6.45) is 2.19. The molecule has 1 aliphatic rings. The molecule has 0 fully saturated rings. The van der Waals surface area contributed by atoms with E-state index in [-0.39, 0.29) is 11.5 Å². The molecule has 0 heterocycles. The van der Waals surface area contributed by atoms with E-state index in [1.807, 2.05) is 0 Å². The van der Waals surface area contributed by atoms with Gasteiger partial charge in [-0.2, -0.15) is 0 Å². The van der Waals surface area contributed by atoms with Crippen LogP contribution < -0.4 is 0 Å². The number of nitrogens with zero attached hydrogens (tertiary/aromatic N) is 1. The number of allylic oxidation sites excluding steroid dienone is 2. The molecule has 0 aromatic heterocycles. The fourth-order valence-electron chi connectivity index (χ4n) is 2.55. The van der Waals surface area contributed by atoms with Gasteiger partial charge in [0, 0.05) is 24.1 Å². The number of hydrogen-bond acceptors (Lipinski definition) is 3. The zero-order valence-electron chi connectivity index (χ0n) is 11.2. The van der Waals surface area contributed by atoms with Crippen LogP contribution in [0.2, 0.25) is 0 Å². The zero-order valence-corrected chi connectivity index (χ0v) is 11.2. The Bertz CT molecular complexity index is 558. The largest absolute Gasteiger partial charge is 0.294 e. The van der Waals surface area contributed by atoms with Crippen LogP contribution in [0.1, 0.15) is 38.7 Å². The molecule has 4 nitrogen and oxygen atoms in total. The van der Waals surface area contributed by atoms with Crippen molar-refractivity contribution in [2.24, 2.45) is 5.92 Å². The van der Waals surface area contributed by atoms with Gasteiger partial charge in [0.1, 0.15) is 0 Å². The number of non-ortho nitro benzene ring substituents is 1. The third kappa shape index (κ3) is 2.89. The summed E-state index contributed by atoms with van der Waals surface area (Å²) in [6, 6.07) is 6.37. The normalized spacial score (nSPS) is 15.4. The Labute approximate surface area is 112 Å². The number of ketones is 1. The summed E-state index contributed by atoms with van der Waals surface area (Å²) in [5.41, 5.74) is 2.57. The van der Waals surface area contributed by atoms with Crippen LogP contribution in [0.25, 0.3) is 5.57 Å². The Morgan fingerprint density at radius 2 is 2.05 bits per heavy atom. The highest BCUT2D eigenvalue weighted by Gasteiger charge is 2.25. The maximum Gasteiger partial charge on any atom is 0.270 e. The third-order valence-electron chi connectivity index (χ3n) is 3.29. The first-order valence-corrected chi connectivity index (χ1v) is 6.49. The molecule has 0 amide bonds. The van der Waals surface area contributed by atoms with Crippen LogP contribution in [0.5, 0.6) is 0 Å². The summed E-state index contributed by atoms with van der Waals surface area (Å²) in [5.74, 6) is 0.589. The molecule has 2 rings (SSSR count). The van der Waals surface area contributed by atoms with Crippen LogP contribution in [-0.2, 0) is 4.79 Å². The van der Waals surface area contributed by atoms with Crippen molar-refractivity contribution in [3.05, 3.63) is 45.5 Å². The van der Waals surface area contributed by atoms with E-state index in [1.165, 1.54) is 12.1 Å².